The van der Waals surface area contributed by atoms with Crippen LogP contribution in [0.5, 0.6) is 0 Å². The van der Waals surface area contributed by atoms with Crippen molar-refractivity contribution in [2.45, 2.75) is 37.0 Å². The Hall–Kier alpha value is -1.27. The third-order valence-electron chi connectivity index (χ3n) is 3.67. The second-order valence-corrected chi connectivity index (χ2v) is 6.69. The molecule has 0 spiro atoms. The fraction of sp³-hybridized carbons (Fsp3) is 0.538. The lowest BCUT2D eigenvalue weighted by molar-refractivity contribution is 0.518. The van der Waals surface area contributed by atoms with Gasteiger partial charge in [0, 0.05) is 12.2 Å². The molecule has 0 heterocycles. The SMILES string of the molecule is Nc1cc(NCCC2CCCC2)ccc1S(N)(=O)=O. The average Bonchev–Trinajstić information content (AvgIpc) is 2.80. The number of hydrogen-bond acceptors (Lipinski definition) is 4. The molecule has 0 radical (unpaired) electrons. The fourth-order valence-corrected chi connectivity index (χ4v) is 3.28. The molecule has 19 heavy (non-hydrogen) atoms. The lowest BCUT2D eigenvalue weighted by Gasteiger charge is -2.12. The van der Waals surface area contributed by atoms with Gasteiger partial charge in [-0.2, -0.15) is 0 Å². The van der Waals surface area contributed by atoms with Gasteiger partial charge in [-0.3, -0.25) is 0 Å². The Kier molecular flexibility index (Phi) is 4.31. The molecule has 0 atom stereocenters. The van der Waals surface area contributed by atoms with E-state index in [2.05, 4.69) is 5.32 Å². The molecule has 1 saturated carbocycles. The zero-order valence-corrected chi connectivity index (χ0v) is 11.7. The van der Waals surface area contributed by atoms with Crippen LogP contribution < -0.4 is 16.2 Å². The molecule has 0 aromatic heterocycles. The van der Waals surface area contributed by atoms with Crippen molar-refractivity contribution >= 4 is 21.4 Å². The largest absolute Gasteiger partial charge is 0.398 e. The third-order valence-corrected chi connectivity index (χ3v) is 4.66. The molecule has 1 fully saturated rings. The van der Waals surface area contributed by atoms with Crippen molar-refractivity contribution < 1.29 is 8.42 Å². The minimum absolute atomic E-state index is 0.0196. The van der Waals surface area contributed by atoms with Crippen molar-refractivity contribution in [2.24, 2.45) is 11.1 Å². The quantitative estimate of drug-likeness (QED) is 0.719. The van der Waals surface area contributed by atoms with Crippen molar-refractivity contribution in [3.63, 3.8) is 0 Å². The summed E-state index contributed by atoms with van der Waals surface area (Å²) in [5, 5.41) is 8.34. The van der Waals surface area contributed by atoms with Crippen molar-refractivity contribution in [1.29, 1.82) is 0 Å². The maximum Gasteiger partial charge on any atom is 0.240 e. The molecule has 5 N–H and O–H groups in total. The van der Waals surface area contributed by atoms with E-state index in [1.165, 1.54) is 31.7 Å². The van der Waals surface area contributed by atoms with Gasteiger partial charge in [0.2, 0.25) is 10.0 Å². The molecular formula is C13H21N3O2S. The number of nitrogens with one attached hydrogen (secondary N) is 1. The van der Waals surface area contributed by atoms with Gasteiger partial charge in [-0.15, -0.1) is 0 Å². The van der Waals surface area contributed by atoms with E-state index in [0.717, 1.165) is 24.6 Å². The van der Waals surface area contributed by atoms with Gasteiger partial charge in [0.15, 0.2) is 0 Å². The molecule has 2 rings (SSSR count). The molecule has 1 aromatic rings. The van der Waals surface area contributed by atoms with E-state index in [4.69, 9.17) is 10.9 Å². The van der Waals surface area contributed by atoms with Gasteiger partial charge in [-0.05, 0) is 30.5 Å². The van der Waals surface area contributed by atoms with Crippen molar-refractivity contribution in [3.05, 3.63) is 18.2 Å². The van der Waals surface area contributed by atoms with Crippen molar-refractivity contribution in [3.8, 4) is 0 Å². The number of sulfonamides is 1. The minimum atomic E-state index is -3.74. The minimum Gasteiger partial charge on any atom is -0.398 e. The van der Waals surface area contributed by atoms with Crippen LogP contribution in [0.3, 0.4) is 0 Å². The summed E-state index contributed by atoms with van der Waals surface area (Å²) in [6.07, 6.45) is 6.50. The lowest BCUT2D eigenvalue weighted by Crippen LogP contribution is -2.14. The molecule has 1 aliphatic carbocycles. The first-order valence-electron chi connectivity index (χ1n) is 6.63. The molecule has 106 valence electrons. The van der Waals surface area contributed by atoms with Gasteiger partial charge in [-0.25, -0.2) is 13.6 Å². The Morgan fingerprint density at radius 1 is 1.26 bits per heavy atom. The second kappa shape index (κ2) is 5.79. The highest BCUT2D eigenvalue weighted by molar-refractivity contribution is 7.89. The van der Waals surface area contributed by atoms with Gasteiger partial charge < -0.3 is 11.1 Å². The lowest BCUT2D eigenvalue weighted by atomic mass is 10.0. The van der Waals surface area contributed by atoms with Gasteiger partial charge in [0.25, 0.3) is 0 Å². The molecule has 0 unspecified atom stereocenters. The number of anilines is 2. The normalized spacial score (nSPS) is 16.7. The van der Waals surface area contributed by atoms with Gasteiger partial charge in [-0.1, -0.05) is 25.7 Å². The van der Waals surface area contributed by atoms with Crippen molar-refractivity contribution in [2.75, 3.05) is 17.6 Å². The van der Waals surface area contributed by atoms with Crippen LogP contribution >= 0.6 is 0 Å². The van der Waals surface area contributed by atoms with Crippen molar-refractivity contribution in [1.82, 2.24) is 0 Å². The number of nitrogen functional groups attached to an aromatic ring is 1. The van der Waals surface area contributed by atoms with E-state index in [1.807, 2.05) is 0 Å². The van der Waals surface area contributed by atoms with Crippen LogP contribution in [0.2, 0.25) is 0 Å². The van der Waals surface area contributed by atoms with Crippen LogP contribution in [-0.2, 0) is 10.0 Å². The number of benzene rings is 1. The summed E-state index contributed by atoms with van der Waals surface area (Å²) in [5.41, 5.74) is 6.73. The van der Waals surface area contributed by atoms with E-state index in [9.17, 15) is 8.42 Å². The Labute approximate surface area is 114 Å². The first kappa shape index (κ1) is 14.1. The van der Waals surface area contributed by atoms with Crippen LogP contribution in [0.25, 0.3) is 0 Å². The Morgan fingerprint density at radius 2 is 1.95 bits per heavy atom. The summed E-state index contributed by atoms with van der Waals surface area (Å²) >= 11 is 0. The van der Waals surface area contributed by atoms with Gasteiger partial charge in [0.1, 0.15) is 4.90 Å². The molecule has 0 bridgehead atoms. The summed E-state index contributed by atoms with van der Waals surface area (Å²) < 4.78 is 22.5. The van der Waals surface area contributed by atoms with Crippen LogP contribution in [0, 0.1) is 5.92 Å². The zero-order valence-electron chi connectivity index (χ0n) is 10.9. The van der Waals surface area contributed by atoms with Crippen LogP contribution in [0.15, 0.2) is 23.1 Å². The van der Waals surface area contributed by atoms with E-state index < -0.39 is 10.0 Å². The third kappa shape index (κ3) is 3.84. The zero-order chi connectivity index (χ0) is 13.9. The molecule has 0 aliphatic heterocycles. The summed E-state index contributed by atoms with van der Waals surface area (Å²) in [7, 11) is -3.74. The summed E-state index contributed by atoms with van der Waals surface area (Å²) in [5.74, 6) is 0.827. The van der Waals surface area contributed by atoms with E-state index in [0.29, 0.717) is 0 Å². The molecule has 1 aromatic carbocycles. The molecule has 6 heteroatoms. The monoisotopic (exact) mass is 283 g/mol. The fourth-order valence-electron chi connectivity index (χ4n) is 2.64. The molecule has 1 aliphatic rings. The number of hydrogen-bond donors (Lipinski definition) is 3. The number of primary sulfonamides is 1. The van der Waals surface area contributed by atoms with Gasteiger partial charge >= 0.3 is 0 Å². The Morgan fingerprint density at radius 3 is 2.53 bits per heavy atom. The maximum absolute atomic E-state index is 11.2. The molecule has 0 saturated heterocycles. The predicted octanol–water partition coefficient (Wildman–Crippen LogP) is 1.91. The highest BCUT2D eigenvalue weighted by Gasteiger charge is 2.15. The van der Waals surface area contributed by atoms with Crippen LogP contribution in [0.4, 0.5) is 11.4 Å². The van der Waals surface area contributed by atoms with E-state index >= 15 is 0 Å². The molecule has 0 amide bonds. The average molecular weight is 283 g/mol. The smallest absolute Gasteiger partial charge is 0.240 e. The van der Waals surface area contributed by atoms with Gasteiger partial charge in [0.05, 0.1) is 5.69 Å². The first-order valence-corrected chi connectivity index (χ1v) is 8.17. The highest BCUT2D eigenvalue weighted by Crippen LogP contribution is 2.27. The topological polar surface area (TPSA) is 98.2 Å². The summed E-state index contributed by atoms with van der Waals surface area (Å²) in [6, 6.07) is 4.77. The molecule has 5 nitrogen and oxygen atoms in total. The summed E-state index contributed by atoms with van der Waals surface area (Å²) in [6.45, 7) is 0.888. The van der Waals surface area contributed by atoms with E-state index in [-0.39, 0.29) is 10.6 Å². The number of rotatable bonds is 5. The van der Waals surface area contributed by atoms with Crippen LogP contribution in [0.1, 0.15) is 32.1 Å². The Bertz CT molecular complexity index is 537. The predicted molar refractivity (Wildman–Crippen MR) is 77.3 cm³/mol. The highest BCUT2D eigenvalue weighted by atomic mass is 32.2. The molecular weight excluding hydrogens is 262 g/mol. The first-order chi connectivity index (χ1) is 8.97. The maximum atomic E-state index is 11.2. The summed E-state index contributed by atoms with van der Waals surface area (Å²) in [4.78, 5) is -0.0196. The van der Waals surface area contributed by atoms with E-state index in [1.54, 1.807) is 12.1 Å². The standard InChI is InChI=1S/C13H21N3O2S/c14-12-9-11(5-6-13(12)19(15,17)18)16-8-7-10-3-1-2-4-10/h5-6,9-10,16H,1-4,7-8,14H2,(H2,15,17,18). The Balaban J connectivity index is 1.92. The second-order valence-electron chi connectivity index (χ2n) is 5.16. The number of nitrogens with two attached hydrogens (primary N) is 2. The van der Waals surface area contributed by atoms with Crippen LogP contribution in [-0.4, -0.2) is 15.0 Å².